The number of fused-ring (bicyclic) bond motifs is 1. The Morgan fingerprint density at radius 2 is 2.09 bits per heavy atom. The van der Waals surface area contributed by atoms with Gasteiger partial charge in [-0.05, 0) is 49.6 Å². The first kappa shape index (κ1) is 22.2. The predicted octanol–water partition coefficient (Wildman–Crippen LogP) is 2.46. The van der Waals surface area contributed by atoms with Gasteiger partial charge in [-0.1, -0.05) is 6.07 Å². The summed E-state index contributed by atoms with van der Waals surface area (Å²) in [7, 11) is 0. The fourth-order valence-corrected chi connectivity index (χ4v) is 4.74. The molecule has 0 spiro atoms. The molecule has 3 aromatic rings. The number of cyclic esters (lactones) is 1. The number of pyridine rings is 1. The van der Waals surface area contributed by atoms with Crippen LogP contribution in [0.25, 0.3) is 5.82 Å². The van der Waals surface area contributed by atoms with Crippen LogP contribution in [-0.2, 0) is 17.9 Å². The van der Waals surface area contributed by atoms with Crippen LogP contribution in [0.4, 0.5) is 0 Å². The molecule has 0 aliphatic carbocycles. The summed E-state index contributed by atoms with van der Waals surface area (Å²) < 4.78 is 5.19. The Morgan fingerprint density at radius 1 is 1.26 bits per heavy atom. The number of rotatable bonds is 4. The van der Waals surface area contributed by atoms with Crippen LogP contribution in [0.5, 0.6) is 0 Å². The van der Waals surface area contributed by atoms with E-state index in [1.165, 1.54) is 16.1 Å². The summed E-state index contributed by atoms with van der Waals surface area (Å²) in [6.45, 7) is 7.91. The predicted molar refractivity (Wildman–Crippen MR) is 120 cm³/mol. The van der Waals surface area contributed by atoms with Crippen LogP contribution >= 0.6 is 0 Å². The first-order chi connectivity index (χ1) is 16.4. The molecule has 34 heavy (non-hydrogen) atoms. The Morgan fingerprint density at radius 3 is 2.85 bits per heavy atom. The average molecular weight is 460 g/mol. The minimum absolute atomic E-state index is 0.0952. The molecule has 0 radical (unpaired) electrons. The van der Waals surface area contributed by atoms with Gasteiger partial charge in [0.15, 0.2) is 5.82 Å². The lowest BCUT2D eigenvalue weighted by Crippen LogP contribution is -2.51. The van der Waals surface area contributed by atoms with Crippen molar-refractivity contribution in [2.45, 2.75) is 46.0 Å². The molecule has 0 amide bonds. The van der Waals surface area contributed by atoms with Crippen molar-refractivity contribution in [1.29, 1.82) is 5.26 Å². The molecular weight excluding hydrogens is 434 g/mol. The number of hydroxylamine groups is 2. The second-order valence-electron chi connectivity index (χ2n) is 8.92. The van der Waals surface area contributed by atoms with Crippen molar-refractivity contribution in [3.05, 3.63) is 69.7 Å². The number of carbonyl (C=O) groups excluding carboxylic acids is 1. The molecule has 1 fully saturated rings. The average Bonchev–Trinajstić information content (AvgIpc) is 3.44. The van der Waals surface area contributed by atoms with Gasteiger partial charge < -0.3 is 9.94 Å². The quantitative estimate of drug-likeness (QED) is 0.587. The van der Waals surface area contributed by atoms with Gasteiger partial charge in [0.05, 0.1) is 29.1 Å². The van der Waals surface area contributed by atoms with E-state index in [9.17, 15) is 10.0 Å². The minimum atomic E-state index is -0.292. The minimum Gasteiger partial charge on any atom is -0.457 e. The van der Waals surface area contributed by atoms with Crippen molar-refractivity contribution < 1.29 is 14.7 Å². The normalized spacial score (nSPS) is 20.7. The first-order valence-corrected chi connectivity index (χ1v) is 11.1. The molecule has 2 atom stereocenters. The summed E-state index contributed by atoms with van der Waals surface area (Å²) in [5.74, 6) is 0.263. The van der Waals surface area contributed by atoms with Crippen molar-refractivity contribution in [3.8, 4) is 11.9 Å². The Hall–Kier alpha value is -3.65. The van der Waals surface area contributed by atoms with Gasteiger partial charge in [-0.15, -0.1) is 4.80 Å². The monoisotopic (exact) mass is 459 g/mol. The maximum Gasteiger partial charge on any atom is 0.338 e. The molecule has 174 valence electrons. The molecule has 0 saturated carbocycles. The zero-order valence-electron chi connectivity index (χ0n) is 19.3. The van der Waals surface area contributed by atoms with E-state index >= 15 is 0 Å². The number of aromatic nitrogens is 4. The van der Waals surface area contributed by atoms with Crippen molar-refractivity contribution in [2.75, 3.05) is 13.1 Å². The number of esters is 1. The van der Waals surface area contributed by atoms with Crippen LogP contribution in [0.1, 0.15) is 56.8 Å². The molecule has 0 bridgehead atoms. The maximum atomic E-state index is 11.9. The van der Waals surface area contributed by atoms with E-state index < -0.39 is 0 Å². The van der Waals surface area contributed by atoms with Crippen LogP contribution in [0.2, 0.25) is 0 Å². The lowest BCUT2D eigenvalue weighted by Gasteiger charge is -2.42. The van der Waals surface area contributed by atoms with Gasteiger partial charge in [0.1, 0.15) is 12.7 Å². The van der Waals surface area contributed by atoms with Gasteiger partial charge >= 0.3 is 5.97 Å². The number of nitrogens with zero attached hydrogens (tertiary/aromatic N) is 7. The fourth-order valence-electron chi connectivity index (χ4n) is 4.74. The summed E-state index contributed by atoms with van der Waals surface area (Å²) in [6, 6.07) is 7.27. The number of hydrogen-bond acceptors (Lipinski definition) is 9. The second-order valence-corrected chi connectivity index (χ2v) is 8.92. The largest absolute Gasteiger partial charge is 0.457 e. The van der Waals surface area contributed by atoms with Gasteiger partial charge in [-0.3, -0.25) is 4.90 Å². The van der Waals surface area contributed by atoms with E-state index in [4.69, 9.17) is 10.00 Å². The van der Waals surface area contributed by atoms with Crippen LogP contribution in [-0.4, -0.2) is 60.2 Å². The number of carbonyl (C=O) groups is 1. The summed E-state index contributed by atoms with van der Waals surface area (Å²) in [6.07, 6.45) is 3.24. The van der Waals surface area contributed by atoms with Gasteiger partial charge in [-0.25, -0.2) is 9.78 Å². The highest BCUT2D eigenvalue weighted by molar-refractivity contribution is 5.94. The zero-order valence-corrected chi connectivity index (χ0v) is 19.3. The summed E-state index contributed by atoms with van der Waals surface area (Å²) in [5.41, 5.74) is 5.59. The number of hydrogen-bond donors (Lipinski definition) is 1. The van der Waals surface area contributed by atoms with E-state index in [1.54, 1.807) is 18.3 Å². The van der Waals surface area contributed by atoms with E-state index in [0.29, 0.717) is 36.6 Å². The smallest absolute Gasteiger partial charge is 0.338 e. The van der Waals surface area contributed by atoms with Crippen molar-refractivity contribution in [3.63, 3.8) is 0 Å². The van der Waals surface area contributed by atoms with Crippen molar-refractivity contribution in [2.24, 2.45) is 0 Å². The van der Waals surface area contributed by atoms with Crippen LogP contribution in [0.15, 0.2) is 30.6 Å². The second kappa shape index (κ2) is 8.61. The van der Waals surface area contributed by atoms with Crippen molar-refractivity contribution >= 4 is 5.97 Å². The SMILES string of the molecule is Cc1cc(-n2ncc(CN3C[C@H](C)N(O)[C@H](c4ccc5c(c4C)COC5=O)C3)n2)ncc1C#N. The number of aryl methyl sites for hydroxylation is 1. The third kappa shape index (κ3) is 3.84. The number of nitriles is 1. The van der Waals surface area contributed by atoms with Gasteiger partial charge in [0.2, 0.25) is 0 Å². The number of piperazine rings is 1. The highest BCUT2D eigenvalue weighted by Crippen LogP contribution is 2.34. The number of ether oxygens (including phenoxy) is 1. The summed E-state index contributed by atoms with van der Waals surface area (Å²) in [4.78, 5) is 19.9. The summed E-state index contributed by atoms with van der Waals surface area (Å²) in [5, 5.41) is 30.3. The highest BCUT2D eigenvalue weighted by atomic mass is 16.5. The topological polar surface area (TPSA) is 120 Å². The lowest BCUT2D eigenvalue weighted by molar-refractivity contribution is -0.189. The Kier molecular flexibility index (Phi) is 5.61. The molecule has 2 aliphatic rings. The molecule has 2 aliphatic heterocycles. The molecule has 5 rings (SSSR count). The molecule has 1 aromatic carbocycles. The van der Waals surface area contributed by atoms with E-state index in [-0.39, 0.29) is 24.7 Å². The molecule has 2 aromatic heterocycles. The molecule has 1 saturated heterocycles. The lowest BCUT2D eigenvalue weighted by atomic mass is 9.92. The molecule has 10 nitrogen and oxygen atoms in total. The number of benzene rings is 1. The zero-order chi connectivity index (χ0) is 24.0. The fraction of sp³-hybridized carbons (Fsp3) is 0.375. The molecule has 1 N–H and O–H groups in total. The molecule has 4 heterocycles. The van der Waals surface area contributed by atoms with Gasteiger partial charge in [0.25, 0.3) is 0 Å². The van der Waals surface area contributed by atoms with E-state index in [0.717, 1.165) is 27.9 Å². The molecule has 10 heteroatoms. The Balaban J connectivity index is 1.36. The van der Waals surface area contributed by atoms with Gasteiger partial charge in [0, 0.05) is 37.4 Å². The van der Waals surface area contributed by atoms with Gasteiger partial charge in [-0.2, -0.15) is 20.5 Å². The maximum absolute atomic E-state index is 11.9. The third-order valence-electron chi connectivity index (χ3n) is 6.64. The Bertz CT molecular complexity index is 1310. The molecular formula is C24H25N7O3. The standard InChI is InChI=1S/C24H25N7O3/c1-14-6-23(26-8-17(14)7-25)31-27-9-18(28-31)11-29-10-15(2)30(33)22(12-29)19-4-5-20-21(16(19)3)13-34-24(20)32/h4-6,8-9,15,22,33H,10-13H2,1-3H3/t15-,22-/m0/s1. The van der Waals surface area contributed by atoms with Crippen LogP contribution in [0.3, 0.4) is 0 Å². The van der Waals surface area contributed by atoms with Crippen molar-refractivity contribution in [1.82, 2.24) is 29.9 Å². The third-order valence-corrected chi connectivity index (χ3v) is 6.64. The summed E-state index contributed by atoms with van der Waals surface area (Å²) >= 11 is 0. The Labute approximate surface area is 196 Å². The van der Waals surface area contributed by atoms with E-state index in [2.05, 4.69) is 26.2 Å². The molecule has 0 unspecified atom stereocenters. The van der Waals surface area contributed by atoms with Crippen LogP contribution < -0.4 is 0 Å². The van der Waals surface area contributed by atoms with Crippen LogP contribution in [0, 0.1) is 25.2 Å². The highest BCUT2D eigenvalue weighted by Gasteiger charge is 2.35. The first-order valence-electron chi connectivity index (χ1n) is 11.1. The van der Waals surface area contributed by atoms with E-state index in [1.807, 2.05) is 26.8 Å².